The Balaban J connectivity index is 2.45. The van der Waals surface area contributed by atoms with E-state index in [1.54, 1.807) is 6.08 Å². The summed E-state index contributed by atoms with van der Waals surface area (Å²) >= 11 is 0. The molecule has 4 nitrogen and oxygen atoms in total. The maximum absolute atomic E-state index is 12.7. The Hall–Kier alpha value is -2.75. The van der Waals surface area contributed by atoms with Gasteiger partial charge in [-0.3, -0.25) is 4.79 Å². The second-order valence-electron chi connectivity index (χ2n) is 9.70. The molecule has 0 fully saturated rings. The number of allylic oxidation sites excluding steroid dienone is 1. The lowest BCUT2D eigenvalue weighted by molar-refractivity contribution is 0.104. The van der Waals surface area contributed by atoms with Crippen molar-refractivity contribution < 1.29 is 14.3 Å². The number of anilines is 1. The standard InChI is InChI=1S/C27H37NO3/c1-9-10-20-17-21(13-16-23(29)19-11-14-22(28-8)15-12-19)25(31-27(5,6)7)18-24(20)30-26(2,3)4/h11-18,28H,9-10H2,1-8H3. The van der Waals surface area contributed by atoms with E-state index in [-0.39, 0.29) is 17.0 Å². The van der Waals surface area contributed by atoms with Gasteiger partial charge in [-0.15, -0.1) is 0 Å². The van der Waals surface area contributed by atoms with Crippen LogP contribution in [-0.2, 0) is 6.42 Å². The number of ketones is 1. The molecule has 2 aromatic rings. The molecule has 0 amide bonds. The smallest absolute Gasteiger partial charge is 0.185 e. The summed E-state index contributed by atoms with van der Waals surface area (Å²) in [6.07, 6.45) is 5.34. The molecule has 0 aliphatic rings. The minimum Gasteiger partial charge on any atom is -0.488 e. The van der Waals surface area contributed by atoms with Gasteiger partial charge in [-0.1, -0.05) is 13.3 Å². The number of aryl methyl sites for hydroxylation is 1. The minimum absolute atomic E-state index is 0.0450. The van der Waals surface area contributed by atoms with Gasteiger partial charge in [0.1, 0.15) is 22.7 Å². The maximum atomic E-state index is 12.7. The average molecular weight is 424 g/mol. The van der Waals surface area contributed by atoms with E-state index < -0.39 is 0 Å². The highest BCUT2D eigenvalue weighted by molar-refractivity contribution is 6.07. The lowest BCUT2D eigenvalue weighted by Gasteiger charge is -2.27. The van der Waals surface area contributed by atoms with E-state index in [4.69, 9.17) is 9.47 Å². The van der Waals surface area contributed by atoms with Crippen molar-refractivity contribution in [1.82, 2.24) is 0 Å². The number of rotatable bonds is 8. The molecule has 0 aliphatic carbocycles. The van der Waals surface area contributed by atoms with Crippen molar-refractivity contribution >= 4 is 17.5 Å². The van der Waals surface area contributed by atoms with E-state index in [1.165, 1.54) is 0 Å². The molecule has 4 heteroatoms. The molecule has 0 unspecified atom stereocenters. The summed E-state index contributed by atoms with van der Waals surface area (Å²) in [7, 11) is 1.86. The van der Waals surface area contributed by atoms with Crippen molar-refractivity contribution in [1.29, 1.82) is 0 Å². The topological polar surface area (TPSA) is 47.6 Å². The predicted octanol–water partition coefficient (Wildman–Crippen LogP) is 6.93. The van der Waals surface area contributed by atoms with Crippen LogP contribution >= 0.6 is 0 Å². The first-order chi connectivity index (χ1) is 14.4. The van der Waals surface area contributed by atoms with Gasteiger partial charge in [0.05, 0.1) is 0 Å². The molecule has 2 rings (SSSR count). The lowest BCUT2D eigenvalue weighted by atomic mass is 10.0. The first-order valence-corrected chi connectivity index (χ1v) is 11.0. The molecule has 0 radical (unpaired) electrons. The Bertz CT molecular complexity index is 913. The average Bonchev–Trinajstić information content (AvgIpc) is 2.66. The third-order valence-electron chi connectivity index (χ3n) is 4.42. The van der Waals surface area contributed by atoms with Crippen LogP contribution in [0.1, 0.15) is 76.4 Å². The lowest BCUT2D eigenvalue weighted by Crippen LogP contribution is -2.25. The summed E-state index contributed by atoms with van der Waals surface area (Å²) in [5.74, 6) is 1.50. The van der Waals surface area contributed by atoms with Crippen LogP contribution in [-0.4, -0.2) is 24.0 Å². The van der Waals surface area contributed by atoms with Gasteiger partial charge in [-0.25, -0.2) is 0 Å². The van der Waals surface area contributed by atoms with Gasteiger partial charge >= 0.3 is 0 Å². The maximum Gasteiger partial charge on any atom is 0.185 e. The van der Waals surface area contributed by atoms with Crippen molar-refractivity contribution in [2.45, 2.75) is 72.5 Å². The van der Waals surface area contributed by atoms with Crippen molar-refractivity contribution in [3.63, 3.8) is 0 Å². The molecule has 0 aliphatic heterocycles. The van der Waals surface area contributed by atoms with E-state index in [9.17, 15) is 4.79 Å². The first-order valence-electron chi connectivity index (χ1n) is 11.0. The zero-order chi connectivity index (χ0) is 23.2. The fourth-order valence-corrected chi connectivity index (χ4v) is 3.13. The molecule has 2 aromatic carbocycles. The summed E-state index contributed by atoms with van der Waals surface area (Å²) in [6.45, 7) is 14.3. The minimum atomic E-state index is -0.374. The zero-order valence-corrected chi connectivity index (χ0v) is 20.3. The largest absolute Gasteiger partial charge is 0.488 e. The zero-order valence-electron chi connectivity index (χ0n) is 20.3. The van der Waals surface area contributed by atoms with Crippen molar-refractivity contribution in [3.8, 4) is 11.5 Å². The fraction of sp³-hybridized carbons (Fsp3) is 0.444. The Morgan fingerprint density at radius 3 is 2.03 bits per heavy atom. The van der Waals surface area contributed by atoms with E-state index in [1.807, 2.05) is 85.0 Å². The SMILES string of the molecule is CCCc1cc(C=CC(=O)c2ccc(NC)cc2)c(OC(C)(C)C)cc1OC(C)(C)C. The highest BCUT2D eigenvalue weighted by atomic mass is 16.5. The third kappa shape index (κ3) is 7.78. The van der Waals surface area contributed by atoms with Gasteiger partial charge in [-0.05, 0) is 96.0 Å². The summed E-state index contributed by atoms with van der Waals surface area (Å²) in [5.41, 5.74) is 2.92. The quantitative estimate of drug-likeness (QED) is 0.369. The molecular weight excluding hydrogens is 386 g/mol. The number of hydrogen-bond acceptors (Lipinski definition) is 4. The summed E-state index contributed by atoms with van der Waals surface area (Å²) < 4.78 is 12.5. The summed E-state index contributed by atoms with van der Waals surface area (Å²) in [6, 6.07) is 11.5. The molecule has 0 saturated carbocycles. The second kappa shape index (κ2) is 10.0. The van der Waals surface area contributed by atoms with E-state index in [2.05, 4.69) is 18.3 Å². The normalized spacial score (nSPS) is 12.1. The second-order valence-corrected chi connectivity index (χ2v) is 9.70. The molecule has 0 saturated heterocycles. The van der Waals surface area contributed by atoms with E-state index in [0.717, 1.165) is 35.4 Å². The van der Waals surface area contributed by atoms with Crippen LogP contribution in [0, 0.1) is 0 Å². The highest BCUT2D eigenvalue weighted by Gasteiger charge is 2.20. The van der Waals surface area contributed by atoms with E-state index in [0.29, 0.717) is 11.3 Å². The Labute approximate surface area is 187 Å². The van der Waals surface area contributed by atoms with Gasteiger partial charge in [0.25, 0.3) is 0 Å². The molecule has 0 atom stereocenters. The van der Waals surface area contributed by atoms with Crippen LogP contribution in [0.25, 0.3) is 6.08 Å². The van der Waals surface area contributed by atoms with Crippen LogP contribution in [0.4, 0.5) is 5.69 Å². The number of hydrogen-bond donors (Lipinski definition) is 1. The number of carbonyl (C=O) groups excluding carboxylic acids is 1. The number of nitrogens with one attached hydrogen (secondary N) is 1. The molecule has 31 heavy (non-hydrogen) atoms. The summed E-state index contributed by atoms with van der Waals surface area (Å²) in [5, 5.41) is 3.06. The van der Waals surface area contributed by atoms with Crippen LogP contribution in [0.5, 0.6) is 11.5 Å². The molecule has 0 spiro atoms. The van der Waals surface area contributed by atoms with Crippen LogP contribution in [0.3, 0.4) is 0 Å². The highest BCUT2D eigenvalue weighted by Crippen LogP contribution is 2.35. The van der Waals surface area contributed by atoms with Gasteiger partial charge in [0, 0.05) is 29.9 Å². The van der Waals surface area contributed by atoms with Gasteiger partial charge < -0.3 is 14.8 Å². The molecule has 0 aromatic heterocycles. The number of ether oxygens (including phenoxy) is 2. The fourth-order valence-electron chi connectivity index (χ4n) is 3.13. The summed E-state index contributed by atoms with van der Waals surface area (Å²) in [4.78, 5) is 12.7. The van der Waals surface area contributed by atoms with Crippen LogP contribution < -0.4 is 14.8 Å². The Morgan fingerprint density at radius 2 is 1.52 bits per heavy atom. The van der Waals surface area contributed by atoms with E-state index >= 15 is 0 Å². The third-order valence-corrected chi connectivity index (χ3v) is 4.42. The predicted molar refractivity (Wildman–Crippen MR) is 131 cm³/mol. The van der Waals surface area contributed by atoms with Crippen molar-refractivity contribution in [2.24, 2.45) is 0 Å². The van der Waals surface area contributed by atoms with Gasteiger partial charge in [0.2, 0.25) is 0 Å². The molecule has 1 N–H and O–H groups in total. The van der Waals surface area contributed by atoms with Gasteiger partial charge in [-0.2, -0.15) is 0 Å². The Morgan fingerprint density at radius 1 is 0.935 bits per heavy atom. The Kier molecular flexibility index (Phi) is 7.94. The van der Waals surface area contributed by atoms with Crippen molar-refractivity contribution in [2.75, 3.05) is 12.4 Å². The number of benzene rings is 2. The molecule has 168 valence electrons. The molecular formula is C27H37NO3. The van der Waals surface area contributed by atoms with Gasteiger partial charge in [0.15, 0.2) is 5.78 Å². The monoisotopic (exact) mass is 423 g/mol. The van der Waals surface area contributed by atoms with Crippen molar-refractivity contribution in [3.05, 3.63) is 59.2 Å². The van der Waals surface area contributed by atoms with Crippen LogP contribution in [0.2, 0.25) is 0 Å². The van der Waals surface area contributed by atoms with Crippen LogP contribution in [0.15, 0.2) is 42.5 Å². The number of carbonyl (C=O) groups is 1. The molecule has 0 bridgehead atoms. The molecule has 0 heterocycles. The first kappa shape index (κ1) is 24.5.